The third kappa shape index (κ3) is 1.82. The van der Waals surface area contributed by atoms with Crippen LogP contribution in [0.3, 0.4) is 0 Å². The molecule has 6 aromatic rings. The van der Waals surface area contributed by atoms with E-state index in [1.165, 1.54) is 86.0 Å². The molecule has 0 unspecified atom stereocenters. The van der Waals surface area contributed by atoms with Crippen LogP contribution in [0.1, 0.15) is 11.1 Å². The van der Waals surface area contributed by atoms with Crippen LogP contribution in [0.25, 0.3) is 22.3 Å². The van der Waals surface area contributed by atoms with Crippen LogP contribution in [0.5, 0.6) is 11.5 Å². The van der Waals surface area contributed by atoms with Crippen molar-refractivity contribution < 1.29 is 13.9 Å². The van der Waals surface area contributed by atoms with E-state index >= 15 is 0 Å². The standard InChI is InChI=1S/C33H14B2N4OS2/c1-3-15-17-11-36-13-23-27(17)34-29-21(41-23)7-5-19-25(29)33(38(9-1)31(15)34)26-20(40-19)6-8-22-30(26)35-28-18(12-37-14-24(28)42-22)16-4-2-10-39(33)32(16)35/h1-14H/q+2. The van der Waals surface area contributed by atoms with Crippen LogP contribution in [-0.4, -0.2) is 23.4 Å². The summed E-state index contributed by atoms with van der Waals surface area (Å²) in [6.45, 7) is 0.321. The molecule has 11 heterocycles. The normalized spacial score (nSPS) is 17.1. The second-order valence-electron chi connectivity index (χ2n) is 12.1. The zero-order valence-electron chi connectivity index (χ0n) is 21.8. The molecule has 9 heteroatoms. The minimum atomic E-state index is -0.621. The highest BCUT2D eigenvalue weighted by atomic mass is 32.2. The van der Waals surface area contributed by atoms with Crippen LogP contribution >= 0.6 is 23.5 Å². The topological polar surface area (TPSA) is 42.8 Å². The smallest absolute Gasteiger partial charge is 0.420 e. The van der Waals surface area contributed by atoms with E-state index in [9.17, 15) is 0 Å². The molecule has 13 rings (SSSR count). The molecule has 7 aliphatic heterocycles. The minimum absolute atomic E-state index is 0.160. The van der Waals surface area contributed by atoms with Crippen molar-refractivity contribution >= 4 is 70.0 Å². The number of fused-ring (bicyclic) bond motifs is 2. The lowest BCUT2D eigenvalue weighted by Crippen LogP contribution is -2.93. The van der Waals surface area contributed by atoms with Crippen molar-refractivity contribution in [3.63, 3.8) is 0 Å². The first-order valence-electron chi connectivity index (χ1n) is 14.3. The summed E-state index contributed by atoms with van der Waals surface area (Å²) in [6.07, 6.45) is 12.9. The van der Waals surface area contributed by atoms with Gasteiger partial charge in [0.1, 0.15) is 22.6 Å². The molecule has 7 aliphatic rings. The van der Waals surface area contributed by atoms with E-state index in [-0.39, 0.29) is 13.4 Å². The van der Waals surface area contributed by atoms with Crippen LogP contribution in [0.4, 0.5) is 0 Å². The lowest BCUT2D eigenvalue weighted by atomic mass is 9.34. The van der Waals surface area contributed by atoms with Gasteiger partial charge in [-0.1, -0.05) is 23.5 Å². The first kappa shape index (κ1) is 20.5. The highest BCUT2D eigenvalue weighted by Gasteiger charge is 2.73. The van der Waals surface area contributed by atoms with Gasteiger partial charge in [-0.15, -0.1) is 9.13 Å². The molecule has 4 aromatic heterocycles. The Balaban J connectivity index is 1.32. The van der Waals surface area contributed by atoms with Crippen molar-refractivity contribution in [3.8, 4) is 33.8 Å². The molecule has 0 bridgehead atoms. The summed E-state index contributed by atoms with van der Waals surface area (Å²) in [6, 6.07) is 18.0. The Hall–Kier alpha value is -4.33. The van der Waals surface area contributed by atoms with Gasteiger partial charge >= 0.3 is 19.1 Å². The Morgan fingerprint density at radius 2 is 1.10 bits per heavy atom. The van der Waals surface area contributed by atoms with E-state index in [2.05, 4.69) is 94.8 Å². The molecule has 0 fully saturated rings. The summed E-state index contributed by atoms with van der Waals surface area (Å²) in [7, 11) is 0. The van der Waals surface area contributed by atoms with Crippen LogP contribution in [-0.2, 0) is 5.66 Å². The number of hydrogen-bond acceptors (Lipinski definition) is 5. The summed E-state index contributed by atoms with van der Waals surface area (Å²) in [5, 5.41) is 0. The number of pyridine rings is 4. The minimum Gasteiger partial charge on any atom is -0.456 e. The highest BCUT2D eigenvalue weighted by Crippen LogP contribution is 2.51. The van der Waals surface area contributed by atoms with Crippen molar-refractivity contribution in [2.75, 3.05) is 0 Å². The molecule has 0 N–H and O–H groups in total. The van der Waals surface area contributed by atoms with Crippen molar-refractivity contribution in [1.82, 2.24) is 9.97 Å². The van der Waals surface area contributed by atoms with Gasteiger partial charge in [0.05, 0.1) is 0 Å². The quantitative estimate of drug-likeness (QED) is 0.202. The fourth-order valence-corrected chi connectivity index (χ4v) is 11.8. The van der Waals surface area contributed by atoms with E-state index in [4.69, 9.17) is 14.7 Å². The Bertz CT molecular complexity index is 2280. The fourth-order valence-electron chi connectivity index (χ4n) is 9.46. The number of aromatic nitrogens is 4. The summed E-state index contributed by atoms with van der Waals surface area (Å²) in [5.74, 6) is 1.92. The predicted molar refractivity (Wildman–Crippen MR) is 162 cm³/mol. The van der Waals surface area contributed by atoms with Gasteiger partial charge in [0.2, 0.25) is 0 Å². The van der Waals surface area contributed by atoms with Crippen LogP contribution < -0.4 is 46.9 Å². The van der Waals surface area contributed by atoms with Crippen molar-refractivity contribution in [2.24, 2.45) is 0 Å². The first-order chi connectivity index (χ1) is 20.8. The van der Waals surface area contributed by atoms with E-state index in [1.807, 2.05) is 23.5 Å². The first-order valence-corrected chi connectivity index (χ1v) is 15.9. The SMILES string of the molecule is c1cc2c3[n+](c1)C14c5c(ccc6c5B3c3c(cncc3-2)S6)Oc2ccc3c(c21)B1c2c(cncc2-c2ccc[n+]4c21)S3. The lowest BCUT2D eigenvalue weighted by molar-refractivity contribution is -0.958. The van der Waals surface area contributed by atoms with Gasteiger partial charge in [0, 0.05) is 78.8 Å². The molecule has 1 spiro atoms. The molecule has 42 heavy (non-hydrogen) atoms. The van der Waals surface area contributed by atoms with Gasteiger partial charge in [-0.3, -0.25) is 9.97 Å². The van der Waals surface area contributed by atoms with Gasteiger partial charge < -0.3 is 4.74 Å². The van der Waals surface area contributed by atoms with E-state index in [0.717, 1.165) is 11.5 Å². The molecule has 2 aromatic carbocycles. The zero-order valence-corrected chi connectivity index (χ0v) is 23.4. The Morgan fingerprint density at radius 1 is 0.571 bits per heavy atom. The van der Waals surface area contributed by atoms with E-state index < -0.39 is 5.66 Å². The van der Waals surface area contributed by atoms with Gasteiger partial charge in [-0.25, -0.2) is 0 Å². The van der Waals surface area contributed by atoms with Crippen molar-refractivity contribution in [3.05, 3.63) is 96.8 Å². The Kier molecular flexibility index (Phi) is 3.04. The largest absolute Gasteiger partial charge is 0.456 e. The van der Waals surface area contributed by atoms with Crippen LogP contribution in [0.2, 0.25) is 0 Å². The predicted octanol–water partition coefficient (Wildman–Crippen LogP) is 1.00. The molecule has 0 atom stereocenters. The molecule has 0 amide bonds. The average molecular weight is 568 g/mol. The van der Waals surface area contributed by atoms with Gasteiger partial charge in [-0.05, 0) is 58.2 Å². The molecule has 5 nitrogen and oxygen atoms in total. The third-order valence-electron chi connectivity index (χ3n) is 10.6. The average Bonchev–Trinajstić information content (AvgIpc) is 3.56. The van der Waals surface area contributed by atoms with Crippen LogP contribution in [0, 0.1) is 0 Å². The number of nitrogens with zero attached hydrogens (tertiary/aromatic N) is 4. The monoisotopic (exact) mass is 568 g/mol. The van der Waals surface area contributed by atoms with Crippen molar-refractivity contribution in [2.45, 2.75) is 25.2 Å². The summed E-state index contributed by atoms with van der Waals surface area (Å²) in [5.41, 5.74) is 15.4. The molecule has 188 valence electrons. The zero-order chi connectivity index (χ0) is 26.6. The second kappa shape index (κ2) is 6.21. The molecular formula is C33H14B2N4OS2+2. The summed E-state index contributed by atoms with van der Waals surface area (Å²) < 4.78 is 12.2. The third-order valence-corrected chi connectivity index (χ3v) is 12.9. The molecule has 0 saturated carbocycles. The number of hydrogen-bond donors (Lipinski definition) is 0. The maximum atomic E-state index is 6.97. The number of benzene rings is 2. The van der Waals surface area contributed by atoms with Gasteiger partial charge in [0.15, 0.2) is 23.6 Å². The fraction of sp³-hybridized carbons (Fsp3) is 0.0303. The Labute approximate surface area is 248 Å². The maximum Gasteiger partial charge on any atom is 0.420 e. The van der Waals surface area contributed by atoms with Gasteiger partial charge in [0.25, 0.3) is 0 Å². The lowest BCUT2D eigenvalue weighted by Gasteiger charge is -2.43. The van der Waals surface area contributed by atoms with Gasteiger partial charge in [-0.2, -0.15) is 0 Å². The molecule has 0 aliphatic carbocycles. The van der Waals surface area contributed by atoms with E-state index in [1.54, 1.807) is 0 Å². The van der Waals surface area contributed by atoms with E-state index in [0.29, 0.717) is 0 Å². The molecule has 0 radical (unpaired) electrons. The Morgan fingerprint density at radius 3 is 1.62 bits per heavy atom. The molecule has 0 saturated heterocycles. The van der Waals surface area contributed by atoms with Crippen LogP contribution in [0.15, 0.2) is 105 Å². The summed E-state index contributed by atoms with van der Waals surface area (Å²) in [4.78, 5) is 14.6. The highest BCUT2D eigenvalue weighted by molar-refractivity contribution is 8.00. The summed E-state index contributed by atoms with van der Waals surface area (Å²) >= 11 is 3.73. The van der Waals surface area contributed by atoms with Crippen molar-refractivity contribution in [1.29, 1.82) is 0 Å². The number of rotatable bonds is 0. The molecular weight excluding hydrogens is 554 g/mol. The maximum absolute atomic E-state index is 6.97. The number of ether oxygens (including phenoxy) is 1. The second-order valence-corrected chi connectivity index (χ2v) is 14.3.